The Morgan fingerprint density at radius 1 is 0.449 bits per heavy atom. The van der Waals surface area contributed by atoms with Crippen molar-refractivity contribution >= 4 is 5.91 Å². The van der Waals surface area contributed by atoms with E-state index in [1.54, 1.807) is 6.08 Å². The van der Waals surface area contributed by atoms with Gasteiger partial charge in [-0.05, 0) is 70.6 Å². The summed E-state index contributed by atoms with van der Waals surface area (Å²) in [5.41, 5.74) is 0. The largest absolute Gasteiger partial charge is 0.394 e. The van der Waals surface area contributed by atoms with Crippen LogP contribution in [0.2, 0.25) is 0 Å². The quantitative estimate of drug-likeness (QED) is 0.0261. The molecule has 1 aliphatic rings. The highest BCUT2D eigenvalue weighted by Crippen LogP contribution is 2.23. The maximum Gasteiger partial charge on any atom is 0.220 e. The Morgan fingerprint density at radius 3 is 1.23 bits per heavy atom. The first-order valence-electron chi connectivity index (χ1n) is 33.2. The molecule has 9 nitrogen and oxygen atoms in total. The minimum atomic E-state index is -1.57. The maximum absolute atomic E-state index is 13.1. The number of hydrogen-bond acceptors (Lipinski definition) is 8. The van der Waals surface area contributed by atoms with Crippen LogP contribution >= 0.6 is 0 Å². The van der Waals surface area contributed by atoms with E-state index in [1.807, 2.05) is 6.08 Å². The van der Waals surface area contributed by atoms with Crippen LogP contribution < -0.4 is 5.32 Å². The van der Waals surface area contributed by atoms with Crippen molar-refractivity contribution in [2.24, 2.45) is 0 Å². The molecule has 1 aliphatic heterocycles. The fourth-order valence-corrected chi connectivity index (χ4v) is 10.3. The Balaban J connectivity index is 2.14. The lowest BCUT2D eigenvalue weighted by Crippen LogP contribution is -2.60. The smallest absolute Gasteiger partial charge is 0.220 e. The van der Waals surface area contributed by atoms with Gasteiger partial charge in [-0.2, -0.15) is 0 Å². The van der Waals surface area contributed by atoms with E-state index in [0.717, 1.165) is 64.2 Å². The van der Waals surface area contributed by atoms with Crippen molar-refractivity contribution < 1.29 is 39.8 Å². The van der Waals surface area contributed by atoms with Crippen molar-refractivity contribution in [2.75, 3.05) is 13.2 Å². The Labute approximate surface area is 480 Å². The first-order chi connectivity index (χ1) is 38.3. The molecule has 1 heterocycles. The summed E-state index contributed by atoms with van der Waals surface area (Å²) in [6.07, 6.45) is 74.3. The molecule has 6 N–H and O–H groups in total. The lowest BCUT2D eigenvalue weighted by Gasteiger charge is -2.40. The molecule has 7 atom stereocenters. The van der Waals surface area contributed by atoms with E-state index in [4.69, 9.17) is 9.47 Å². The van der Waals surface area contributed by atoms with Gasteiger partial charge in [0.05, 0.1) is 25.4 Å². The molecule has 7 unspecified atom stereocenters. The Bertz CT molecular complexity index is 1460. The van der Waals surface area contributed by atoms with Crippen molar-refractivity contribution in [2.45, 2.75) is 346 Å². The topological polar surface area (TPSA) is 149 Å². The van der Waals surface area contributed by atoms with Gasteiger partial charge in [-0.1, -0.05) is 299 Å². The van der Waals surface area contributed by atoms with E-state index in [-0.39, 0.29) is 12.5 Å². The first kappa shape index (κ1) is 73.6. The number of nitrogens with one attached hydrogen (secondary N) is 1. The van der Waals surface area contributed by atoms with Crippen LogP contribution in [-0.2, 0) is 14.3 Å². The van der Waals surface area contributed by atoms with E-state index >= 15 is 0 Å². The molecule has 0 aliphatic carbocycles. The monoisotopic (exact) mass is 1100 g/mol. The van der Waals surface area contributed by atoms with Crippen molar-refractivity contribution in [1.29, 1.82) is 0 Å². The van der Waals surface area contributed by atoms with Crippen molar-refractivity contribution in [1.82, 2.24) is 5.32 Å². The van der Waals surface area contributed by atoms with Gasteiger partial charge in [-0.3, -0.25) is 4.79 Å². The van der Waals surface area contributed by atoms with E-state index in [2.05, 4.69) is 79.9 Å². The summed E-state index contributed by atoms with van der Waals surface area (Å²) in [6.45, 7) is 3.68. The van der Waals surface area contributed by atoms with Crippen LogP contribution in [0.5, 0.6) is 0 Å². The molecular weight excluding hydrogens is 971 g/mol. The Hall–Kier alpha value is -2.37. The molecule has 1 rings (SSSR count). The van der Waals surface area contributed by atoms with Gasteiger partial charge in [0, 0.05) is 6.42 Å². The molecule has 1 saturated heterocycles. The van der Waals surface area contributed by atoms with E-state index in [9.17, 15) is 30.3 Å². The number of aliphatic hydroxyl groups excluding tert-OH is 5. The third-order valence-corrected chi connectivity index (χ3v) is 15.5. The second-order valence-electron chi connectivity index (χ2n) is 22.9. The standard InChI is InChI=1S/C69H125NO8/c1-3-5-7-9-11-13-15-17-19-21-23-25-27-28-29-30-31-32-33-34-35-36-37-39-41-43-45-47-49-51-53-55-57-59-65(73)70-62(61-77-69-68(76)67(75)66(74)64(60-71)78-69)63(72)58-56-54-52-50-48-46-44-42-40-38-26-24-22-20-18-16-14-12-10-8-6-4-2/h5,7,11,13,17,19,23,25,48,50,56,58,62-64,66-69,71-72,74-76H,3-4,6,8-10,12,14-16,18,20-22,24,26-47,49,51-55,57,59-61H2,1-2H3,(H,70,73)/b7-5-,13-11-,19-17-,25-23-,50-48+,58-56+. The fraction of sp³-hybridized carbons (Fsp3) is 0.812. The number of amides is 1. The number of carbonyl (C=O) groups excluding carboxylic acids is 1. The van der Waals surface area contributed by atoms with Gasteiger partial charge >= 0.3 is 0 Å². The highest BCUT2D eigenvalue weighted by Gasteiger charge is 2.44. The number of allylic oxidation sites excluding steroid dienone is 11. The molecule has 454 valence electrons. The number of ether oxygens (including phenoxy) is 2. The number of rotatable bonds is 57. The van der Waals surface area contributed by atoms with Crippen LogP contribution in [0.25, 0.3) is 0 Å². The molecule has 0 saturated carbocycles. The maximum atomic E-state index is 13.1. The highest BCUT2D eigenvalue weighted by atomic mass is 16.7. The van der Waals surface area contributed by atoms with Crippen LogP contribution in [0.3, 0.4) is 0 Å². The predicted octanol–water partition coefficient (Wildman–Crippen LogP) is 17.6. The minimum Gasteiger partial charge on any atom is -0.394 e. The van der Waals surface area contributed by atoms with Crippen LogP contribution in [-0.4, -0.2) is 87.5 Å². The van der Waals surface area contributed by atoms with E-state index in [0.29, 0.717) is 6.42 Å². The average Bonchev–Trinajstić information content (AvgIpc) is 3.45. The zero-order valence-electron chi connectivity index (χ0n) is 50.7. The third kappa shape index (κ3) is 46.3. The van der Waals surface area contributed by atoms with Gasteiger partial charge in [-0.25, -0.2) is 0 Å². The van der Waals surface area contributed by atoms with Gasteiger partial charge in [0.1, 0.15) is 24.4 Å². The molecule has 0 aromatic carbocycles. The van der Waals surface area contributed by atoms with Crippen LogP contribution in [0.15, 0.2) is 72.9 Å². The lowest BCUT2D eigenvalue weighted by molar-refractivity contribution is -0.302. The first-order valence-corrected chi connectivity index (χ1v) is 33.2. The average molecular weight is 1100 g/mol. The number of carbonyl (C=O) groups is 1. The zero-order valence-corrected chi connectivity index (χ0v) is 50.7. The molecule has 78 heavy (non-hydrogen) atoms. The van der Waals surface area contributed by atoms with Crippen LogP contribution in [0.4, 0.5) is 0 Å². The molecule has 0 radical (unpaired) electrons. The van der Waals surface area contributed by atoms with Gasteiger partial charge < -0.3 is 40.3 Å². The van der Waals surface area contributed by atoms with Crippen LogP contribution in [0.1, 0.15) is 303 Å². The highest BCUT2D eigenvalue weighted by molar-refractivity contribution is 5.76. The SMILES string of the molecule is CC/C=C\C/C=C\C/C=C\C/C=C\CCCCCCCCCCCCCCCCCCCCCCC(=O)NC(COC1OC(CO)C(O)C(O)C1O)C(O)/C=C/CC/C=C/CCCCCCCCCCCCCCCCCC. The number of aliphatic hydroxyl groups is 5. The fourth-order valence-electron chi connectivity index (χ4n) is 10.3. The summed E-state index contributed by atoms with van der Waals surface area (Å²) in [4.78, 5) is 13.1. The summed E-state index contributed by atoms with van der Waals surface area (Å²) < 4.78 is 11.3. The van der Waals surface area contributed by atoms with Gasteiger partial charge in [0.15, 0.2) is 6.29 Å². The second kappa shape index (κ2) is 57.8. The molecular formula is C69H125NO8. The minimum absolute atomic E-state index is 0.183. The molecule has 0 bridgehead atoms. The second-order valence-corrected chi connectivity index (χ2v) is 22.9. The summed E-state index contributed by atoms with van der Waals surface area (Å²) in [5, 5.41) is 54.7. The molecule has 0 spiro atoms. The van der Waals surface area contributed by atoms with Gasteiger partial charge in [0.2, 0.25) is 5.91 Å². The summed E-state index contributed by atoms with van der Waals surface area (Å²) >= 11 is 0. The Kier molecular flexibility index (Phi) is 54.6. The summed E-state index contributed by atoms with van der Waals surface area (Å²) in [7, 11) is 0. The summed E-state index contributed by atoms with van der Waals surface area (Å²) in [6, 6.07) is -0.824. The molecule has 0 aromatic rings. The van der Waals surface area contributed by atoms with Crippen molar-refractivity contribution in [3.05, 3.63) is 72.9 Å². The molecule has 9 heteroatoms. The summed E-state index contributed by atoms with van der Waals surface area (Å²) in [5.74, 6) is -0.183. The van der Waals surface area contributed by atoms with Crippen molar-refractivity contribution in [3.63, 3.8) is 0 Å². The lowest BCUT2D eigenvalue weighted by atomic mass is 9.99. The number of hydrogen-bond donors (Lipinski definition) is 6. The number of unbranched alkanes of at least 4 members (excludes halogenated alkanes) is 37. The van der Waals surface area contributed by atoms with E-state index < -0.39 is 49.5 Å². The Morgan fingerprint density at radius 2 is 0.808 bits per heavy atom. The third-order valence-electron chi connectivity index (χ3n) is 15.5. The predicted molar refractivity (Wildman–Crippen MR) is 332 cm³/mol. The van der Waals surface area contributed by atoms with Crippen LogP contribution in [0, 0.1) is 0 Å². The van der Waals surface area contributed by atoms with Gasteiger partial charge in [0.25, 0.3) is 0 Å². The zero-order chi connectivity index (χ0) is 56.5. The molecule has 0 aromatic heterocycles. The molecule has 1 amide bonds. The normalized spacial score (nSPS) is 19.1. The van der Waals surface area contributed by atoms with Crippen molar-refractivity contribution in [3.8, 4) is 0 Å². The molecule has 1 fully saturated rings. The van der Waals surface area contributed by atoms with E-state index in [1.165, 1.54) is 218 Å². The van der Waals surface area contributed by atoms with Gasteiger partial charge in [-0.15, -0.1) is 0 Å².